The molecule has 4 unspecified atom stereocenters. The molecule has 11 nitrogen and oxygen atoms in total. The van der Waals surface area contributed by atoms with E-state index in [0.29, 0.717) is 64.9 Å². The van der Waals surface area contributed by atoms with Crippen molar-refractivity contribution in [1.82, 2.24) is 0 Å². The number of benzene rings is 3. The quantitative estimate of drug-likeness (QED) is 0.0426. The van der Waals surface area contributed by atoms with Crippen LogP contribution in [-0.2, 0) is 72.7 Å². The van der Waals surface area contributed by atoms with Crippen molar-refractivity contribution in [1.29, 1.82) is 0 Å². The molecule has 4 aliphatic rings. The van der Waals surface area contributed by atoms with Crippen LogP contribution in [0.25, 0.3) is 0 Å². The number of phenols is 3. The summed E-state index contributed by atoms with van der Waals surface area (Å²) >= 11 is 17.6. The lowest BCUT2D eigenvalue weighted by atomic mass is 9.73. The van der Waals surface area contributed by atoms with Crippen molar-refractivity contribution in [2.75, 3.05) is 41.6 Å². The molecule has 4 saturated carbocycles. The van der Waals surface area contributed by atoms with Gasteiger partial charge in [-0.3, -0.25) is 9.59 Å². The summed E-state index contributed by atoms with van der Waals surface area (Å²) in [6.45, 7) is 27.8. The topological polar surface area (TPSA) is 167 Å². The molecular formula is C59H87NO10P4S4. The number of methoxy groups -OCH3 is 3. The first-order chi connectivity index (χ1) is 37.1. The second-order valence-electron chi connectivity index (χ2n) is 20.2. The van der Waals surface area contributed by atoms with Gasteiger partial charge in [0.15, 0.2) is 0 Å². The van der Waals surface area contributed by atoms with Gasteiger partial charge in [-0.15, -0.1) is 13.2 Å². The summed E-state index contributed by atoms with van der Waals surface area (Å²) in [5.41, 5.74) is 8.14. The summed E-state index contributed by atoms with van der Waals surface area (Å²) in [6.07, 6.45) is 18.8. The van der Waals surface area contributed by atoms with E-state index in [1.807, 2.05) is 43.3 Å². The maximum absolute atomic E-state index is 12.6. The van der Waals surface area contributed by atoms with Crippen molar-refractivity contribution in [3.05, 3.63) is 122 Å². The van der Waals surface area contributed by atoms with Gasteiger partial charge in [0.25, 0.3) is 0 Å². The monoisotopic (exact) mass is 1220 g/mol. The third kappa shape index (κ3) is 29.2. The van der Waals surface area contributed by atoms with E-state index in [0.717, 1.165) is 70.0 Å². The summed E-state index contributed by atoms with van der Waals surface area (Å²) in [4.78, 5) is 23.6. The van der Waals surface area contributed by atoms with Crippen LogP contribution in [0.4, 0.5) is 0 Å². The second-order valence-corrected chi connectivity index (χ2v) is 28.7. The molecule has 0 aliphatic heterocycles. The number of carbonyl (C=O) groups excluding carboxylic acids is 2. The summed E-state index contributed by atoms with van der Waals surface area (Å²) in [5, 5.41) is 30.1. The largest absolute Gasteiger partial charge is 0.508 e. The molecule has 0 heterocycles. The van der Waals surface area contributed by atoms with Gasteiger partial charge < -0.3 is 44.7 Å². The molecule has 0 spiro atoms. The Bertz CT molecular complexity index is 2340. The fourth-order valence-corrected chi connectivity index (χ4v) is 7.78. The lowest BCUT2D eigenvalue weighted by molar-refractivity contribution is -0.149. The average Bonchev–Trinajstić information content (AvgIpc) is 4.26. The number of ether oxygens (including phenoxy) is 5. The summed E-state index contributed by atoms with van der Waals surface area (Å²) in [7, 11) is 9.75. The molecule has 4 aliphatic carbocycles. The van der Waals surface area contributed by atoms with Crippen LogP contribution in [-0.4, -0.2) is 68.8 Å². The van der Waals surface area contributed by atoms with Crippen LogP contribution >= 0.6 is 28.2 Å². The predicted octanol–water partition coefficient (Wildman–Crippen LogP) is 16.6. The molecule has 0 saturated heterocycles. The van der Waals surface area contributed by atoms with Gasteiger partial charge in [0, 0.05) is 52.3 Å². The van der Waals surface area contributed by atoms with E-state index in [1.54, 1.807) is 63.8 Å². The molecule has 4 fully saturated rings. The first-order valence-corrected chi connectivity index (χ1v) is 34.9. The van der Waals surface area contributed by atoms with E-state index in [2.05, 4.69) is 114 Å². The summed E-state index contributed by atoms with van der Waals surface area (Å²) < 4.78 is 25.4. The van der Waals surface area contributed by atoms with Crippen LogP contribution in [0.2, 0.25) is 0 Å². The van der Waals surface area contributed by atoms with Gasteiger partial charge in [-0.2, -0.15) is 0 Å². The van der Waals surface area contributed by atoms with E-state index < -0.39 is 0 Å². The highest BCUT2D eigenvalue weighted by Crippen LogP contribution is 2.61. The summed E-state index contributed by atoms with van der Waals surface area (Å²) in [5.74, 6) is 3.32. The van der Waals surface area contributed by atoms with Crippen LogP contribution in [0, 0.1) is 34.0 Å². The summed E-state index contributed by atoms with van der Waals surface area (Å²) in [6, 6.07) is 16.4. The predicted molar refractivity (Wildman–Crippen MR) is 341 cm³/mol. The van der Waals surface area contributed by atoms with Gasteiger partial charge in [0.2, 0.25) is 0 Å². The van der Waals surface area contributed by atoms with Crippen LogP contribution in [0.5, 0.6) is 34.5 Å². The van der Waals surface area contributed by atoms with Crippen LogP contribution in [0.15, 0.2) is 105 Å². The highest BCUT2D eigenvalue weighted by molar-refractivity contribution is 8.41. The van der Waals surface area contributed by atoms with Gasteiger partial charge in [0.1, 0.15) is 47.7 Å². The number of hydrogen-bond acceptors (Lipinski definition) is 15. The molecule has 432 valence electrons. The Morgan fingerprint density at radius 3 is 1.36 bits per heavy atom. The van der Waals surface area contributed by atoms with Crippen LogP contribution < -0.4 is 19.9 Å². The molecule has 7 rings (SSSR count). The molecule has 78 heavy (non-hydrogen) atoms. The molecule has 0 radical (unpaired) electrons. The van der Waals surface area contributed by atoms with Gasteiger partial charge in [-0.25, -0.2) is 0 Å². The van der Waals surface area contributed by atoms with E-state index >= 15 is 0 Å². The molecule has 5 N–H and O–H groups in total. The zero-order valence-corrected chi connectivity index (χ0v) is 54.5. The fourth-order valence-electron chi connectivity index (χ4n) is 7.78. The number of hydrogen-bond donors (Lipinski definition) is 4. The average molecular weight is 1220 g/mol. The zero-order valence-electron chi connectivity index (χ0n) is 47.6. The standard InChI is InChI=1S/C20H26O4.C13H18O2.C12H16O2.C9H14O2.C4H8.CH5N.2P2S2/c1-5-7-16(19(22)24-12-6-2)18(20(3)10-11-20)15-9-8-14(23-4)13-17(15)21;1-9(13(2)6-7-13)11-5-4-10(15-3)8-12(11)14;1-12(5-6-12)8-9-3-4-10(14-2)7-11(9)13;1-4-6-8(3)9(10)11-7-5-2;1-4-2-3-4;1-2;2*3-1-2-4/h5-6,8-9,13,16,18,21H,1-2,7,10-12H2,3-4H3;4-5,8-9,14H,6-7H2,1-3H3;3-4,7,13H,5-6,8H2,1-2H3;4-5,8H,1-2,6-7H2,3H3;4H,2-3H2,1H3;2H2,1H3;;. The van der Waals surface area contributed by atoms with Crippen LogP contribution in [0.3, 0.4) is 0 Å². The molecule has 0 aromatic heterocycles. The Hall–Kier alpha value is -3.60. The first-order valence-electron chi connectivity index (χ1n) is 25.8. The van der Waals surface area contributed by atoms with Crippen molar-refractivity contribution in [2.45, 2.75) is 124 Å². The van der Waals surface area contributed by atoms with E-state index in [4.69, 9.17) is 23.7 Å². The Morgan fingerprint density at radius 1 is 0.628 bits per heavy atom. The number of esters is 2. The van der Waals surface area contributed by atoms with Gasteiger partial charge in [-0.1, -0.05) is 110 Å². The Balaban J connectivity index is 0.000000962. The van der Waals surface area contributed by atoms with Crippen LogP contribution in [0.1, 0.15) is 134 Å². The first kappa shape index (κ1) is 74.4. The minimum Gasteiger partial charge on any atom is -0.508 e. The molecule has 0 bridgehead atoms. The number of carbonyl (C=O) groups is 2. The maximum Gasteiger partial charge on any atom is 0.310 e. The maximum atomic E-state index is 12.6. The molecule has 0 amide bonds. The smallest absolute Gasteiger partial charge is 0.310 e. The Morgan fingerprint density at radius 2 is 1.03 bits per heavy atom. The van der Waals surface area contributed by atoms with E-state index in [9.17, 15) is 24.9 Å². The number of allylic oxidation sites excluding steroid dienone is 2. The van der Waals surface area contributed by atoms with Crippen molar-refractivity contribution in [3.8, 4) is 34.5 Å². The van der Waals surface area contributed by atoms with E-state index in [-0.39, 0.29) is 47.5 Å². The normalized spacial score (nSPS) is 16.3. The number of nitrogens with two attached hydrogens (primary N) is 1. The third-order valence-corrected chi connectivity index (χ3v) is 19.2. The van der Waals surface area contributed by atoms with E-state index in [1.165, 1.54) is 45.6 Å². The van der Waals surface area contributed by atoms with Crippen molar-refractivity contribution < 1.29 is 48.6 Å². The number of aromatic hydroxyl groups is 3. The fraction of sp³-hybridized carbons (Fsp3) is 0.525. The van der Waals surface area contributed by atoms with Gasteiger partial charge in [0.05, 0.1) is 33.2 Å². The van der Waals surface area contributed by atoms with Crippen molar-refractivity contribution in [2.24, 2.45) is 39.7 Å². The Labute approximate surface area is 494 Å². The highest BCUT2D eigenvalue weighted by atomic mass is 32.7. The molecule has 19 heteroatoms. The van der Waals surface area contributed by atoms with Crippen molar-refractivity contribution in [3.63, 3.8) is 0 Å². The third-order valence-electron chi connectivity index (χ3n) is 13.8. The minimum absolute atomic E-state index is 0.0209. The molecule has 4 atom stereocenters. The zero-order chi connectivity index (χ0) is 59.5. The highest BCUT2D eigenvalue weighted by Gasteiger charge is 2.51. The molecule has 3 aromatic carbocycles. The minimum atomic E-state index is -0.380. The molecular weight excluding hydrogens is 1130 g/mol. The number of phenolic OH excluding ortho intramolecular Hbond substituents is 3. The lowest BCUT2D eigenvalue weighted by Gasteiger charge is -2.31. The number of rotatable bonds is 22. The van der Waals surface area contributed by atoms with Gasteiger partial charge in [-0.05, 0) is 175 Å². The lowest BCUT2D eigenvalue weighted by Crippen LogP contribution is -2.29. The Kier molecular flexibility index (Phi) is 38.7. The molecule has 3 aromatic rings. The van der Waals surface area contributed by atoms with Gasteiger partial charge >= 0.3 is 11.9 Å². The SMILES string of the molecule is C=CCOC(=O)C(C)CC=C.C=CCOC(=O)C(CC=C)C(c1ccc(OC)cc1O)C1(C)CC1.CC1CC1.CN.COc1ccc(C(C)C2(C)CC2)c(O)c1.COc1ccc(CC2(C)CC2)c(O)c1.S=PP=S.S=PP=S. The van der Waals surface area contributed by atoms with Crippen molar-refractivity contribution >= 4 is 87.3 Å². The second kappa shape index (κ2) is 40.6.